The number of amides is 1. The summed E-state index contributed by atoms with van der Waals surface area (Å²) in [5.74, 6) is -0.915. The molecule has 0 saturated carbocycles. The maximum absolute atomic E-state index is 11.5. The number of carbonyl (C=O) groups is 2. The molecule has 0 radical (unpaired) electrons. The number of hydrogen-bond acceptors (Lipinski definition) is 4. The van der Waals surface area contributed by atoms with E-state index in [1.54, 1.807) is 4.90 Å². The molecule has 1 amide bonds. The van der Waals surface area contributed by atoms with Crippen LogP contribution in [0.25, 0.3) is 0 Å². The molecule has 0 unspecified atom stereocenters. The molecule has 0 saturated heterocycles. The first kappa shape index (κ1) is 18.9. The Labute approximate surface area is 121 Å². The van der Waals surface area contributed by atoms with Crippen LogP contribution < -0.4 is 5.32 Å². The Kier molecular flexibility index (Phi) is 12.1. The van der Waals surface area contributed by atoms with Crippen LogP contribution in [0, 0.1) is 0 Å². The summed E-state index contributed by atoms with van der Waals surface area (Å²) >= 11 is 0. The second-order valence-corrected chi connectivity index (χ2v) is 4.91. The normalized spacial score (nSPS) is 10.8. The Morgan fingerprint density at radius 1 is 1.10 bits per heavy atom. The highest BCUT2D eigenvalue weighted by Gasteiger charge is 2.09. The molecule has 0 spiro atoms. The molecule has 6 heteroatoms. The minimum Gasteiger partial charge on any atom is -0.480 e. The summed E-state index contributed by atoms with van der Waals surface area (Å²) in [6.07, 6.45) is 6.09. The van der Waals surface area contributed by atoms with Crippen molar-refractivity contribution in [1.82, 2.24) is 10.2 Å². The fraction of sp³-hybridized carbons (Fsp3) is 0.857. The Bertz CT molecular complexity index is 272. The molecule has 3 N–H and O–H groups in total. The molecule has 0 bridgehead atoms. The first-order valence-electron chi connectivity index (χ1n) is 7.41. The first-order chi connectivity index (χ1) is 9.60. The number of aliphatic hydroxyl groups is 1. The zero-order valence-electron chi connectivity index (χ0n) is 12.4. The van der Waals surface area contributed by atoms with Gasteiger partial charge in [0, 0.05) is 26.1 Å². The highest BCUT2D eigenvalue weighted by Crippen LogP contribution is 2.04. The third-order valence-corrected chi connectivity index (χ3v) is 3.03. The first-order valence-corrected chi connectivity index (χ1v) is 7.41. The van der Waals surface area contributed by atoms with Gasteiger partial charge < -0.3 is 15.5 Å². The van der Waals surface area contributed by atoms with Gasteiger partial charge in [-0.25, -0.2) is 0 Å². The largest absolute Gasteiger partial charge is 0.480 e. The van der Waals surface area contributed by atoms with Crippen LogP contribution in [0.3, 0.4) is 0 Å². The van der Waals surface area contributed by atoms with Crippen molar-refractivity contribution in [3.05, 3.63) is 0 Å². The van der Waals surface area contributed by atoms with Crippen molar-refractivity contribution in [1.29, 1.82) is 0 Å². The summed E-state index contributed by atoms with van der Waals surface area (Å²) < 4.78 is 0. The molecule has 0 atom stereocenters. The third kappa shape index (κ3) is 11.9. The second-order valence-electron chi connectivity index (χ2n) is 4.91. The summed E-state index contributed by atoms with van der Waals surface area (Å²) in [6.45, 7) is 3.11. The van der Waals surface area contributed by atoms with E-state index in [-0.39, 0.29) is 19.1 Å². The van der Waals surface area contributed by atoms with E-state index in [4.69, 9.17) is 10.2 Å². The molecule has 20 heavy (non-hydrogen) atoms. The number of hydrogen-bond donors (Lipinski definition) is 3. The van der Waals surface area contributed by atoms with E-state index in [9.17, 15) is 9.59 Å². The van der Waals surface area contributed by atoms with Crippen LogP contribution in [0.2, 0.25) is 0 Å². The van der Waals surface area contributed by atoms with E-state index < -0.39 is 5.97 Å². The Balaban J connectivity index is 3.63. The van der Waals surface area contributed by atoms with Gasteiger partial charge in [-0.05, 0) is 6.42 Å². The molecule has 0 aliphatic heterocycles. The van der Waals surface area contributed by atoms with Crippen molar-refractivity contribution < 1.29 is 19.8 Å². The van der Waals surface area contributed by atoms with E-state index in [1.165, 1.54) is 19.3 Å². The molecular weight excluding hydrogens is 260 g/mol. The SMILES string of the molecule is CCCCCCCC(=O)NCCN(CCO)CC(=O)O. The Morgan fingerprint density at radius 2 is 1.80 bits per heavy atom. The topological polar surface area (TPSA) is 89.9 Å². The van der Waals surface area contributed by atoms with Gasteiger partial charge in [0.2, 0.25) is 5.91 Å². The van der Waals surface area contributed by atoms with E-state index in [2.05, 4.69) is 12.2 Å². The van der Waals surface area contributed by atoms with Gasteiger partial charge in [-0.1, -0.05) is 32.6 Å². The lowest BCUT2D eigenvalue weighted by Gasteiger charge is -2.19. The third-order valence-electron chi connectivity index (χ3n) is 3.03. The van der Waals surface area contributed by atoms with Gasteiger partial charge in [-0.2, -0.15) is 0 Å². The predicted octanol–water partition coefficient (Wildman–Crippen LogP) is 0.842. The lowest BCUT2D eigenvalue weighted by atomic mass is 10.1. The zero-order chi connectivity index (χ0) is 15.2. The highest BCUT2D eigenvalue weighted by atomic mass is 16.4. The maximum atomic E-state index is 11.5. The smallest absolute Gasteiger partial charge is 0.317 e. The fourth-order valence-electron chi connectivity index (χ4n) is 1.93. The van der Waals surface area contributed by atoms with Crippen molar-refractivity contribution in [3.63, 3.8) is 0 Å². The summed E-state index contributed by atoms with van der Waals surface area (Å²) in [7, 11) is 0. The number of carboxylic acid groups (broad SMARTS) is 1. The minimum absolute atomic E-state index is 0.0146. The Morgan fingerprint density at radius 3 is 2.40 bits per heavy atom. The molecule has 0 rings (SSSR count). The number of nitrogens with zero attached hydrogens (tertiary/aromatic N) is 1. The molecule has 0 aromatic carbocycles. The van der Waals surface area contributed by atoms with Gasteiger partial charge in [-0.15, -0.1) is 0 Å². The van der Waals surface area contributed by atoms with Crippen molar-refractivity contribution in [3.8, 4) is 0 Å². The molecule has 0 aromatic rings. The molecule has 118 valence electrons. The monoisotopic (exact) mass is 288 g/mol. The van der Waals surface area contributed by atoms with Crippen LogP contribution in [0.4, 0.5) is 0 Å². The number of carbonyl (C=O) groups excluding carboxylic acids is 1. The van der Waals surface area contributed by atoms with Crippen LogP contribution in [0.15, 0.2) is 0 Å². The highest BCUT2D eigenvalue weighted by molar-refractivity contribution is 5.75. The maximum Gasteiger partial charge on any atom is 0.317 e. The van der Waals surface area contributed by atoms with Gasteiger partial charge in [0.25, 0.3) is 0 Å². The number of rotatable bonds is 13. The number of nitrogens with one attached hydrogen (secondary N) is 1. The molecule has 0 fully saturated rings. The lowest BCUT2D eigenvalue weighted by molar-refractivity contribution is -0.138. The van der Waals surface area contributed by atoms with E-state index in [1.807, 2.05) is 0 Å². The summed E-state index contributed by atoms with van der Waals surface area (Å²) in [5.41, 5.74) is 0. The van der Waals surface area contributed by atoms with Crippen LogP contribution in [-0.2, 0) is 9.59 Å². The van der Waals surface area contributed by atoms with Crippen molar-refractivity contribution >= 4 is 11.9 Å². The summed E-state index contributed by atoms with van der Waals surface area (Å²) in [5, 5.41) is 20.3. The molecule has 6 nitrogen and oxygen atoms in total. The second kappa shape index (κ2) is 12.9. The van der Waals surface area contributed by atoms with E-state index in [0.717, 1.165) is 12.8 Å². The quantitative estimate of drug-likeness (QED) is 0.437. The van der Waals surface area contributed by atoms with Crippen LogP contribution in [0.5, 0.6) is 0 Å². The van der Waals surface area contributed by atoms with Gasteiger partial charge in [0.05, 0.1) is 13.2 Å². The number of unbranched alkanes of at least 4 members (excludes halogenated alkanes) is 4. The molecular formula is C14H28N2O4. The van der Waals surface area contributed by atoms with Crippen molar-refractivity contribution in [2.75, 3.05) is 32.8 Å². The van der Waals surface area contributed by atoms with Gasteiger partial charge in [0.1, 0.15) is 0 Å². The summed E-state index contributed by atoms with van der Waals surface area (Å²) in [6, 6.07) is 0. The van der Waals surface area contributed by atoms with Crippen molar-refractivity contribution in [2.24, 2.45) is 0 Å². The summed E-state index contributed by atoms with van der Waals surface area (Å²) in [4.78, 5) is 23.7. The van der Waals surface area contributed by atoms with Crippen molar-refractivity contribution in [2.45, 2.75) is 45.4 Å². The standard InChI is InChI=1S/C14H28N2O4/c1-2-3-4-5-6-7-13(18)15-8-9-16(10-11-17)12-14(19)20/h17H,2-12H2,1H3,(H,15,18)(H,19,20). The number of aliphatic carboxylic acids is 1. The molecule has 0 heterocycles. The van der Waals surface area contributed by atoms with Crippen LogP contribution in [0.1, 0.15) is 45.4 Å². The zero-order valence-corrected chi connectivity index (χ0v) is 12.4. The van der Waals surface area contributed by atoms with Crippen LogP contribution in [-0.4, -0.2) is 59.8 Å². The molecule has 0 aromatic heterocycles. The van der Waals surface area contributed by atoms with E-state index in [0.29, 0.717) is 26.1 Å². The average molecular weight is 288 g/mol. The number of carboxylic acids is 1. The predicted molar refractivity (Wildman–Crippen MR) is 77.5 cm³/mol. The van der Waals surface area contributed by atoms with Crippen LogP contribution >= 0.6 is 0 Å². The average Bonchev–Trinajstić information content (AvgIpc) is 2.38. The minimum atomic E-state index is -0.930. The molecule has 0 aliphatic rings. The number of aliphatic hydroxyl groups excluding tert-OH is 1. The Hall–Kier alpha value is -1.14. The molecule has 0 aliphatic carbocycles. The van der Waals surface area contributed by atoms with Gasteiger partial charge >= 0.3 is 5.97 Å². The van der Waals surface area contributed by atoms with Gasteiger partial charge in [-0.3, -0.25) is 14.5 Å². The fourth-order valence-corrected chi connectivity index (χ4v) is 1.93. The van der Waals surface area contributed by atoms with E-state index >= 15 is 0 Å². The lowest BCUT2D eigenvalue weighted by Crippen LogP contribution is -2.39. The van der Waals surface area contributed by atoms with Gasteiger partial charge in [0.15, 0.2) is 0 Å².